The van der Waals surface area contributed by atoms with Crippen LogP contribution in [0.3, 0.4) is 0 Å². The third-order valence-electron chi connectivity index (χ3n) is 8.71. The normalized spacial score (nSPS) is 22.6. The van der Waals surface area contributed by atoms with Crippen molar-refractivity contribution in [1.29, 1.82) is 5.26 Å². The molecule has 3 aliphatic carbocycles. The van der Waals surface area contributed by atoms with Gasteiger partial charge in [-0.05, 0) is 44.1 Å². The number of hydrogen-bond acceptors (Lipinski definition) is 12. The Morgan fingerprint density at radius 2 is 1.91 bits per heavy atom. The minimum absolute atomic E-state index is 0.0349. The van der Waals surface area contributed by atoms with Crippen molar-refractivity contribution in [2.75, 3.05) is 20.7 Å². The first-order valence-corrected chi connectivity index (χ1v) is 15.6. The van der Waals surface area contributed by atoms with Crippen LogP contribution in [0, 0.1) is 16.7 Å². The quantitative estimate of drug-likeness (QED) is 0.130. The molecular formula is C31H28F2N8O4S. The van der Waals surface area contributed by atoms with Gasteiger partial charge >= 0.3 is 0 Å². The number of carbonyl (C=O) groups excluding carboxylic acids is 1. The maximum absolute atomic E-state index is 14.0. The summed E-state index contributed by atoms with van der Waals surface area (Å²) in [5.41, 5.74) is 0.203. The highest BCUT2D eigenvalue weighted by molar-refractivity contribution is 7.16. The molecule has 0 aliphatic heterocycles. The number of aldehydes is 1. The molecule has 1 fully saturated rings. The number of aliphatic imine (C=N–C) groups is 1. The number of carbonyl (C=O) groups is 1. The third kappa shape index (κ3) is 4.97. The van der Waals surface area contributed by atoms with Crippen molar-refractivity contribution < 1.29 is 27.6 Å². The fourth-order valence-corrected chi connectivity index (χ4v) is 7.63. The average molecular weight is 647 g/mol. The molecule has 15 heteroatoms. The predicted molar refractivity (Wildman–Crippen MR) is 161 cm³/mol. The molecule has 4 heterocycles. The van der Waals surface area contributed by atoms with Gasteiger partial charge in [-0.2, -0.15) is 15.2 Å². The summed E-state index contributed by atoms with van der Waals surface area (Å²) in [7, 11) is 3.75. The Hall–Kier alpha value is -4.84. The van der Waals surface area contributed by atoms with E-state index in [1.54, 1.807) is 6.34 Å². The fourth-order valence-electron chi connectivity index (χ4n) is 6.40. The molecule has 2 atom stereocenters. The van der Waals surface area contributed by atoms with Crippen LogP contribution in [0.1, 0.15) is 59.4 Å². The average Bonchev–Trinajstić information content (AvgIpc) is 3.34. The molecule has 1 saturated carbocycles. The van der Waals surface area contributed by atoms with Crippen LogP contribution in [0.2, 0.25) is 0 Å². The molecule has 0 N–H and O–H groups in total. The van der Waals surface area contributed by atoms with Gasteiger partial charge in [0.2, 0.25) is 11.8 Å². The molecule has 1 spiro atoms. The van der Waals surface area contributed by atoms with E-state index < -0.39 is 29.8 Å². The van der Waals surface area contributed by atoms with Crippen molar-refractivity contribution in [1.82, 2.24) is 30.0 Å². The number of thiophene rings is 1. The Bertz CT molecular complexity index is 1880. The zero-order chi connectivity index (χ0) is 32.1. The van der Waals surface area contributed by atoms with Crippen LogP contribution in [0.15, 0.2) is 34.3 Å². The van der Waals surface area contributed by atoms with Crippen molar-refractivity contribution in [3.63, 3.8) is 0 Å². The second-order valence-electron chi connectivity index (χ2n) is 12.0. The molecule has 0 saturated heterocycles. The van der Waals surface area contributed by atoms with E-state index in [-0.39, 0.29) is 29.6 Å². The van der Waals surface area contributed by atoms with E-state index in [9.17, 15) is 18.8 Å². The van der Waals surface area contributed by atoms with Crippen LogP contribution in [0.4, 0.5) is 13.8 Å². The van der Waals surface area contributed by atoms with Crippen molar-refractivity contribution >= 4 is 29.0 Å². The summed E-state index contributed by atoms with van der Waals surface area (Å²) in [4.78, 5) is 36.0. The Morgan fingerprint density at radius 1 is 1.17 bits per heavy atom. The molecule has 46 heavy (non-hydrogen) atoms. The Kier molecular flexibility index (Phi) is 7.27. The summed E-state index contributed by atoms with van der Waals surface area (Å²) in [6, 6.07) is 3.76. The number of hydrogen-bond donors (Lipinski definition) is 0. The molecule has 4 aromatic rings. The van der Waals surface area contributed by atoms with E-state index >= 15 is 0 Å². The minimum Gasteiger partial charge on any atom is -0.476 e. The number of aryl methyl sites for hydroxylation is 1. The van der Waals surface area contributed by atoms with E-state index in [2.05, 4.69) is 36.2 Å². The van der Waals surface area contributed by atoms with Crippen molar-refractivity contribution in [2.45, 2.75) is 56.3 Å². The first kappa shape index (κ1) is 29.8. The first-order valence-electron chi connectivity index (χ1n) is 14.7. The Balaban J connectivity index is 1.30. The van der Waals surface area contributed by atoms with Crippen LogP contribution in [0.5, 0.6) is 17.5 Å². The molecule has 0 amide bonds. The molecule has 0 bridgehead atoms. The van der Waals surface area contributed by atoms with Gasteiger partial charge < -0.3 is 23.7 Å². The van der Waals surface area contributed by atoms with Crippen molar-refractivity contribution in [2.24, 2.45) is 10.4 Å². The van der Waals surface area contributed by atoms with Gasteiger partial charge in [-0.3, -0.25) is 0 Å². The van der Waals surface area contributed by atoms with Crippen LogP contribution < -0.4 is 9.47 Å². The fraction of sp³-hybridized carbons (Fsp3) is 0.419. The van der Waals surface area contributed by atoms with Crippen molar-refractivity contribution in [3.8, 4) is 35.1 Å². The maximum Gasteiger partial charge on any atom is 0.265 e. The lowest BCUT2D eigenvalue weighted by atomic mass is 9.63. The van der Waals surface area contributed by atoms with E-state index in [1.165, 1.54) is 36.1 Å². The zero-order valence-corrected chi connectivity index (χ0v) is 25.8. The van der Waals surface area contributed by atoms with Crippen molar-refractivity contribution in [3.05, 3.63) is 52.1 Å². The van der Waals surface area contributed by atoms with Gasteiger partial charge in [0, 0.05) is 31.0 Å². The standard InChI is InChI=1S/C31H28F2N8O4S/c1-41(2)17-37-28-20(10-34)24-21(46-28)6-4-8-30(24)7-3-5-19-25(40-45-26(19)30)27-38-22(43-15-29(14-42)13-31(29,32)33)9-23(39-27)44-18-11-35-16-36-12-18/h9,11-12,14,16-17H,3-8,13,15H2,1-2H3/t29?,30-/m0/s1. The lowest BCUT2D eigenvalue weighted by molar-refractivity contribution is -0.117. The molecule has 236 valence electrons. The van der Waals surface area contributed by atoms with E-state index in [0.29, 0.717) is 28.4 Å². The van der Waals surface area contributed by atoms with Gasteiger partial charge in [0.1, 0.15) is 35.7 Å². The summed E-state index contributed by atoms with van der Waals surface area (Å²) in [6.45, 7) is -0.565. The predicted octanol–water partition coefficient (Wildman–Crippen LogP) is 5.43. The first-order chi connectivity index (χ1) is 22.2. The number of ether oxygens (including phenoxy) is 2. The van der Waals surface area contributed by atoms with Gasteiger partial charge in [-0.1, -0.05) is 5.16 Å². The minimum atomic E-state index is -3.15. The van der Waals surface area contributed by atoms with Crippen LogP contribution >= 0.6 is 11.3 Å². The Morgan fingerprint density at radius 3 is 2.61 bits per heavy atom. The maximum atomic E-state index is 14.0. The van der Waals surface area contributed by atoms with Gasteiger partial charge in [0.05, 0.1) is 35.8 Å². The molecule has 0 radical (unpaired) electrons. The second kappa shape index (κ2) is 11.2. The second-order valence-corrected chi connectivity index (χ2v) is 13.1. The molecule has 4 aromatic heterocycles. The van der Waals surface area contributed by atoms with E-state index in [4.69, 9.17) is 14.0 Å². The van der Waals surface area contributed by atoms with E-state index in [1.807, 2.05) is 19.0 Å². The zero-order valence-electron chi connectivity index (χ0n) is 25.0. The van der Waals surface area contributed by atoms with Crippen LogP contribution in [0.25, 0.3) is 11.5 Å². The lowest BCUT2D eigenvalue weighted by Crippen LogP contribution is -2.35. The molecule has 1 unspecified atom stereocenters. The van der Waals surface area contributed by atoms with Crippen LogP contribution in [-0.2, 0) is 23.1 Å². The number of nitriles is 1. The Labute approximate surface area is 266 Å². The third-order valence-corrected chi connectivity index (χ3v) is 9.87. The smallest absolute Gasteiger partial charge is 0.265 e. The number of aromatic nitrogens is 5. The van der Waals surface area contributed by atoms with Gasteiger partial charge in [0.15, 0.2) is 23.0 Å². The SMILES string of the molecule is CN(C)C=Nc1sc2c(c1C#N)[C@@]1(CCC2)CCCc2c(-c3nc(OCC4(C=O)CC4(F)F)cc(Oc4cncnc4)n3)noc21. The molecule has 12 nitrogen and oxygen atoms in total. The summed E-state index contributed by atoms with van der Waals surface area (Å²) in [6.07, 6.45) is 10.3. The monoisotopic (exact) mass is 646 g/mol. The highest BCUT2D eigenvalue weighted by Gasteiger charge is 2.72. The summed E-state index contributed by atoms with van der Waals surface area (Å²) >= 11 is 1.54. The highest BCUT2D eigenvalue weighted by Crippen LogP contribution is 2.59. The summed E-state index contributed by atoms with van der Waals surface area (Å²) < 4.78 is 45.6. The van der Waals surface area contributed by atoms with Gasteiger partial charge in [-0.25, -0.2) is 23.7 Å². The molecule has 3 aliphatic rings. The van der Waals surface area contributed by atoms with Gasteiger partial charge in [0.25, 0.3) is 5.92 Å². The number of rotatable bonds is 9. The molecular weight excluding hydrogens is 618 g/mol. The number of fused-ring (bicyclic) bond motifs is 4. The molecule has 0 aromatic carbocycles. The molecule has 7 rings (SSSR count). The summed E-state index contributed by atoms with van der Waals surface area (Å²) in [5.74, 6) is -2.14. The number of nitrogens with zero attached hydrogens (tertiary/aromatic N) is 8. The van der Waals surface area contributed by atoms with E-state index in [0.717, 1.165) is 48.1 Å². The van der Waals surface area contributed by atoms with Gasteiger partial charge in [-0.15, -0.1) is 11.3 Å². The van der Waals surface area contributed by atoms with Crippen LogP contribution in [-0.4, -0.2) is 69.2 Å². The topological polar surface area (TPSA) is 153 Å². The number of alkyl halides is 2. The lowest BCUT2D eigenvalue weighted by Gasteiger charge is -2.39. The highest BCUT2D eigenvalue weighted by atomic mass is 32.1. The largest absolute Gasteiger partial charge is 0.476 e. The summed E-state index contributed by atoms with van der Waals surface area (Å²) in [5, 5.41) is 15.4. The number of halogens is 2.